The molecule has 20 heteroatoms. The van der Waals surface area contributed by atoms with Gasteiger partial charge >= 0.3 is 11.9 Å². The van der Waals surface area contributed by atoms with Crippen molar-refractivity contribution in [2.75, 3.05) is 13.1 Å². The van der Waals surface area contributed by atoms with Gasteiger partial charge in [0.05, 0.1) is 6.10 Å². The van der Waals surface area contributed by atoms with E-state index in [4.69, 9.17) is 25.7 Å². The summed E-state index contributed by atoms with van der Waals surface area (Å²) >= 11 is 0. The van der Waals surface area contributed by atoms with E-state index in [1.807, 2.05) is 20.8 Å². The van der Waals surface area contributed by atoms with Crippen LogP contribution in [0.2, 0.25) is 0 Å². The number of fused-ring (bicyclic) bond motifs is 1. The second-order valence-electron chi connectivity index (χ2n) is 16.9. The Hall–Kier alpha value is -4.60. The van der Waals surface area contributed by atoms with E-state index in [-0.39, 0.29) is 62.7 Å². The summed E-state index contributed by atoms with van der Waals surface area (Å²) in [5.41, 5.74) is 11.4. The number of carbonyl (C=O) groups is 5. The molecule has 12 N–H and O–H groups in total. The molecule has 2 aliphatic heterocycles. The molecule has 2 heterocycles. The van der Waals surface area contributed by atoms with Crippen LogP contribution in [0.5, 0.6) is 5.75 Å². The van der Waals surface area contributed by atoms with Gasteiger partial charge in [0.1, 0.15) is 48.4 Å². The summed E-state index contributed by atoms with van der Waals surface area (Å²) in [6, 6.07) is 2.88. The molecule has 1 aromatic carbocycles. The molecule has 12 unspecified atom stereocenters. The van der Waals surface area contributed by atoms with Gasteiger partial charge in [0.15, 0.2) is 18.4 Å². The van der Waals surface area contributed by atoms with E-state index in [9.17, 15) is 54.6 Å². The number of ether oxygens (including phenoxy) is 3. The third-order valence-electron chi connectivity index (χ3n) is 11.6. The molecule has 1 saturated carbocycles. The highest BCUT2D eigenvalue weighted by Gasteiger charge is 2.55. The fourth-order valence-electron chi connectivity index (χ4n) is 8.36. The molecule has 3 aliphatic rings. The van der Waals surface area contributed by atoms with Gasteiger partial charge in [-0.25, -0.2) is 4.79 Å². The molecule has 0 aromatic heterocycles. The second kappa shape index (κ2) is 23.7. The number of guanidine groups is 1. The standard InChI is InChI=1S/C42H66N6O14/c1-4-5-6-7-10-32(51)60-30-20-24-19-28(37(55)45-15-8-9-16-46-42(43)44)48(27(24)21-31(30)61-41-35(54)33(52)34(53)36(62-41)40(58)59)39(57)26(17-22(2)3)47-38(56)29(50)18-23-11-13-25(49)14-12-23/h11-14,22,24,26-31,33-36,41,49-50,52-54H,4-10,15-21H2,1-3H3,(H,45,55)(H,47,56)(H,58,59)(H4,43,44,46). The van der Waals surface area contributed by atoms with Crippen molar-refractivity contribution >= 4 is 35.6 Å². The van der Waals surface area contributed by atoms with E-state index < -0.39 is 103 Å². The Bertz CT molecular complexity index is 1680. The van der Waals surface area contributed by atoms with Gasteiger partial charge in [-0.05, 0) is 74.5 Å². The van der Waals surface area contributed by atoms with E-state index >= 15 is 0 Å². The van der Waals surface area contributed by atoms with Gasteiger partial charge in [-0.3, -0.25) is 24.2 Å². The highest BCUT2D eigenvalue weighted by Crippen LogP contribution is 2.43. The van der Waals surface area contributed by atoms with Crippen molar-refractivity contribution in [2.24, 2.45) is 28.3 Å². The quantitative estimate of drug-likeness (QED) is 0.0305. The molecule has 1 aromatic rings. The number of hydrogen-bond acceptors (Lipinski definition) is 14. The number of nitrogens with one attached hydrogen (secondary N) is 2. The summed E-state index contributed by atoms with van der Waals surface area (Å²) in [6.45, 7) is 6.28. The number of amides is 3. The van der Waals surface area contributed by atoms with Crippen molar-refractivity contribution in [3.63, 3.8) is 0 Å². The Morgan fingerprint density at radius 2 is 1.65 bits per heavy atom. The molecule has 4 rings (SSSR count). The Balaban J connectivity index is 1.66. The minimum absolute atomic E-state index is 0.00858. The molecular weight excluding hydrogens is 812 g/mol. The molecule has 3 fully saturated rings. The highest BCUT2D eigenvalue weighted by molar-refractivity contribution is 5.93. The number of carboxylic acids is 1. The van der Waals surface area contributed by atoms with Gasteiger partial charge in [-0.1, -0.05) is 52.2 Å². The fraction of sp³-hybridized carbons (Fsp3) is 0.714. The number of benzene rings is 1. The van der Waals surface area contributed by atoms with E-state index in [1.54, 1.807) is 12.1 Å². The van der Waals surface area contributed by atoms with Crippen LogP contribution in [0, 0.1) is 11.8 Å². The van der Waals surface area contributed by atoms with Crippen LogP contribution in [0.4, 0.5) is 0 Å². The van der Waals surface area contributed by atoms with Gasteiger partial charge in [0, 0.05) is 32.0 Å². The van der Waals surface area contributed by atoms with Crippen LogP contribution in [0.25, 0.3) is 0 Å². The number of nitrogens with two attached hydrogens (primary N) is 2. The molecule has 0 spiro atoms. The van der Waals surface area contributed by atoms with Crippen molar-refractivity contribution in [2.45, 2.75) is 165 Å². The lowest BCUT2D eigenvalue weighted by atomic mass is 9.80. The summed E-state index contributed by atoms with van der Waals surface area (Å²) in [7, 11) is 0. The number of likely N-dealkylation sites (tertiary alicyclic amines) is 1. The number of aliphatic imine (C=N–C) groups is 1. The van der Waals surface area contributed by atoms with Crippen LogP contribution in [-0.4, -0.2) is 151 Å². The van der Waals surface area contributed by atoms with Crippen molar-refractivity contribution in [3.05, 3.63) is 29.8 Å². The summed E-state index contributed by atoms with van der Waals surface area (Å²) in [4.78, 5) is 73.0. The third kappa shape index (κ3) is 14.0. The van der Waals surface area contributed by atoms with E-state index in [1.165, 1.54) is 17.0 Å². The lowest BCUT2D eigenvalue weighted by Crippen LogP contribution is -2.62. The van der Waals surface area contributed by atoms with Gasteiger partial charge in [-0.15, -0.1) is 0 Å². The molecule has 2 saturated heterocycles. The number of rotatable bonds is 22. The zero-order valence-corrected chi connectivity index (χ0v) is 35.7. The molecule has 62 heavy (non-hydrogen) atoms. The lowest BCUT2D eigenvalue weighted by molar-refractivity contribution is -0.314. The number of esters is 1. The van der Waals surface area contributed by atoms with Crippen molar-refractivity contribution < 1.29 is 68.8 Å². The van der Waals surface area contributed by atoms with E-state index in [0.29, 0.717) is 31.4 Å². The van der Waals surface area contributed by atoms with Crippen LogP contribution in [0.15, 0.2) is 29.3 Å². The number of carbonyl (C=O) groups excluding carboxylic acids is 4. The number of aliphatic hydroxyl groups is 4. The normalized spacial score (nSPS) is 28.0. The van der Waals surface area contributed by atoms with Crippen molar-refractivity contribution in [3.8, 4) is 5.75 Å². The first-order chi connectivity index (χ1) is 29.4. The first kappa shape index (κ1) is 50.0. The minimum Gasteiger partial charge on any atom is -0.508 e. The summed E-state index contributed by atoms with van der Waals surface area (Å²) in [5, 5.41) is 67.7. The second-order valence-corrected chi connectivity index (χ2v) is 16.9. The maximum absolute atomic E-state index is 14.9. The Kier molecular flexibility index (Phi) is 19.2. The molecular formula is C42H66N6O14. The fourth-order valence-corrected chi connectivity index (χ4v) is 8.36. The Labute approximate surface area is 361 Å². The molecule has 20 nitrogen and oxygen atoms in total. The van der Waals surface area contributed by atoms with E-state index in [0.717, 1.165) is 19.3 Å². The molecule has 1 aliphatic carbocycles. The van der Waals surface area contributed by atoms with Crippen LogP contribution < -0.4 is 22.1 Å². The number of carboxylic acid groups (broad SMARTS) is 1. The Morgan fingerprint density at radius 1 is 0.935 bits per heavy atom. The number of nitrogens with zero attached hydrogens (tertiary/aromatic N) is 2. The SMILES string of the molecule is CCCCCCC(=O)OC1CC2CC(C(=O)NCCCCN=C(N)N)N(C(=O)C(CC(C)C)NC(=O)C(O)Cc3ccc(O)cc3)C2CC1OC1OC(C(=O)O)C(O)C(O)C1O. The molecule has 12 atom stereocenters. The number of aliphatic hydroxyl groups excluding tert-OH is 4. The molecule has 3 amide bonds. The zero-order chi connectivity index (χ0) is 45.7. The number of aliphatic carboxylic acids is 1. The van der Waals surface area contributed by atoms with Gasteiger partial charge in [0.25, 0.3) is 0 Å². The molecule has 0 radical (unpaired) electrons. The lowest BCUT2D eigenvalue weighted by Gasteiger charge is -2.45. The molecule has 0 bridgehead atoms. The monoisotopic (exact) mass is 878 g/mol. The minimum atomic E-state index is -1.99. The topological polar surface area (TPSA) is 326 Å². The molecule has 348 valence electrons. The van der Waals surface area contributed by atoms with Gasteiger partial charge in [0.2, 0.25) is 17.7 Å². The Morgan fingerprint density at radius 3 is 2.29 bits per heavy atom. The number of hydrogen-bond donors (Lipinski definition) is 10. The largest absolute Gasteiger partial charge is 0.508 e. The predicted octanol–water partition coefficient (Wildman–Crippen LogP) is -0.465. The van der Waals surface area contributed by atoms with Crippen LogP contribution in [0.3, 0.4) is 0 Å². The first-order valence-electron chi connectivity index (χ1n) is 21.6. The van der Waals surface area contributed by atoms with Crippen molar-refractivity contribution in [1.29, 1.82) is 0 Å². The van der Waals surface area contributed by atoms with Crippen molar-refractivity contribution in [1.82, 2.24) is 15.5 Å². The van der Waals surface area contributed by atoms with Crippen LogP contribution in [-0.2, 0) is 44.6 Å². The number of phenols is 1. The maximum Gasteiger partial charge on any atom is 0.335 e. The average molecular weight is 879 g/mol. The summed E-state index contributed by atoms with van der Waals surface area (Å²) in [5.74, 6) is -4.74. The number of phenolic OH excluding ortho intramolecular Hbond substituents is 1. The predicted molar refractivity (Wildman–Crippen MR) is 222 cm³/mol. The smallest absolute Gasteiger partial charge is 0.335 e. The zero-order valence-electron chi connectivity index (χ0n) is 35.7. The summed E-state index contributed by atoms with van der Waals surface area (Å²) < 4.78 is 17.6. The third-order valence-corrected chi connectivity index (χ3v) is 11.6. The number of aromatic hydroxyl groups is 1. The van der Waals surface area contributed by atoms with E-state index in [2.05, 4.69) is 15.6 Å². The van der Waals surface area contributed by atoms with Crippen LogP contribution >= 0.6 is 0 Å². The maximum atomic E-state index is 14.9. The first-order valence-corrected chi connectivity index (χ1v) is 21.6. The van der Waals surface area contributed by atoms with Gasteiger partial charge < -0.3 is 71.9 Å². The number of unbranched alkanes of at least 4 members (excludes halogenated alkanes) is 4. The van der Waals surface area contributed by atoms with Crippen LogP contribution in [0.1, 0.15) is 97.0 Å². The summed E-state index contributed by atoms with van der Waals surface area (Å²) in [6.07, 6.45) is -8.95. The van der Waals surface area contributed by atoms with Gasteiger partial charge in [-0.2, -0.15) is 0 Å². The average Bonchev–Trinajstić information content (AvgIpc) is 3.58. The highest BCUT2D eigenvalue weighted by atomic mass is 16.7.